The maximum absolute atomic E-state index is 12.8. The molecule has 5 nitrogen and oxygen atoms in total. The molecule has 4 rings (SSSR count). The molecule has 1 N–H and O–H groups in total. The highest BCUT2D eigenvalue weighted by Gasteiger charge is 2.48. The third-order valence-electron chi connectivity index (χ3n) is 7.04. The minimum absolute atomic E-state index is 0.0121. The quantitative estimate of drug-likeness (QED) is 0.419. The first-order valence-corrected chi connectivity index (χ1v) is 11.5. The van der Waals surface area contributed by atoms with Crippen molar-refractivity contribution in [1.29, 1.82) is 0 Å². The summed E-state index contributed by atoms with van der Waals surface area (Å²) in [7, 11) is 0. The first-order valence-electron chi connectivity index (χ1n) is 11.5. The van der Waals surface area contributed by atoms with Gasteiger partial charge in [0.1, 0.15) is 5.75 Å². The second-order valence-corrected chi connectivity index (χ2v) is 9.09. The van der Waals surface area contributed by atoms with E-state index in [1.54, 1.807) is 0 Å². The molecule has 0 radical (unpaired) electrons. The Labute approximate surface area is 190 Å². The Morgan fingerprint density at radius 2 is 2.00 bits per heavy atom. The minimum atomic E-state index is -0.311. The first-order chi connectivity index (χ1) is 15.5. The highest BCUT2D eigenvalue weighted by atomic mass is 16.5. The Balaban J connectivity index is 1.60. The summed E-state index contributed by atoms with van der Waals surface area (Å²) in [5.41, 5.74) is 1.85. The van der Waals surface area contributed by atoms with Gasteiger partial charge in [-0.05, 0) is 68.0 Å². The number of piperidine rings is 1. The van der Waals surface area contributed by atoms with Gasteiger partial charge in [0.05, 0.1) is 0 Å². The SMILES string of the molecule is C=CCN1CC[C@@]2(c3cccc(OC(C)=O)c3)C[C@H](NC(=O)c3ccccc3)CC[C@@H]2C1. The van der Waals surface area contributed by atoms with E-state index in [1.165, 1.54) is 12.5 Å². The van der Waals surface area contributed by atoms with Crippen LogP contribution in [-0.4, -0.2) is 42.5 Å². The normalized spacial score (nSPS) is 25.4. The molecule has 1 saturated carbocycles. The summed E-state index contributed by atoms with van der Waals surface area (Å²) in [4.78, 5) is 26.8. The van der Waals surface area contributed by atoms with Crippen LogP contribution in [0.3, 0.4) is 0 Å². The molecule has 2 fully saturated rings. The number of fused-ring (bicyclic) bond motifs is 1. The lowest BCUT2D eigenvalue weighted by molar-refractivity contribution is -0.131. The van der Waals surface area contributed by atoms with Gasteiger partial charge < -0.3 is 10.1 Å². The number of ether oxygens (including phenoxy) is 1. The molecular formula is C27H32N2O3. The first kappa shape index (κ1) is 22.3. The minimum Gasteiger partial charge on any atom is -0.427 e. The van der Waals surface area contributed by atoms with Crippen molar-refractivity contribution >= 4 is 11.9 Å². The number of nitrogens with zero attached hydrogens (tertiary/aromatic N) is 1. The van der Waals surface area contributed by atoms with Gasteiger partial charge in [-0.15, -0.1) is 6.58 Å². The van der Waals surface area contributed by atoms with E-state index >= 15 is 0 Å². The van der Waals surface area contributed by atoms with E-state index in [0.29, 0.717) is 17.2 Å². The van der Waals surface area contributed by atoms with Crippen LogP contribution in [0.5, 0.6) is 5.75 Å². The summed E-state index contributed by atoms with van der Waals surface area (Å²) in [6.07, 6.45) is 5.89. The highest BCUT2D eigenvalue weighted by molar-refractivity contribution is 5.94. The van der Waals surface area contributed by atoms with E-state index in [9.17, 15) is 9.59 Å². The van der Waals surface area contributed by atoms with E-state index in [0.717, 1.165) is 45.3 Å². The van der Waals surface area contributed by atoms with Crippen LogP contribution in [0.15, 0.2) is 67.3 Å². The van der Waals surface area contributed by atoms with Crippen LogP contribution in [0.1, 0.15) is 48.5 Å². The highest BCUT2D eigenvalue weighted by Crippen LogP contribution is 2.49. The molecule has 1 amide bonds. The summed E-state index contributed by atoms with van der Waals surface area (Å²) in [5, 5.41) is 3.29. The van der Waals surface area contributed by atoms with Gasteiger partial charge in [0, 0.05) is 37.0 Å². The van der Waals surface area contributed by atoms with Crippen LogP contribution >= 0.6 is 0 Å². The molecule has 0 bridgehead atoms. The van der Waals surface area contributed by atoms with Crippen molar-refractivity contribution in [2.24, 2.45) is 5.92 Å². The Hall–Kier alpha value is -2.92. The van der Waals surface area contributed by atoms with Gasteiger partial charge in [0.15, 0.2) is 0 Å². The standard InChI is InChI=1S/C27H32N2O3/c1-3-15-29-16-14-27(22-10-7-11-25(17-22)32-20(2)30)18-24(13-12-23(27)19-29)28-26(31)21-8-5-4-6-9-21/h3-11,17,23-24H,1,12-16,18-19H2,2H3,(H,28,31)/t23-,24-,27+/m1/s1. The Morgan fingerprint density at radius 1 is 1.19 bits per heavy atom. The number of benzene rings is 2. The molecule has 0 spiro atoms. The molecule has 1 heterocycles. The molecule has 1 saturated heterocycles. The molecule has 1 aliphatic carbocycles. The third-order valence-corrected chi connectivity index (χ3v) is 7.04. The van der Waals surface area contributed by atoms with Gasteiger partial charge in [-0.25, -0.2) is 0 Å². The molecule has 168 valence electrons. The number of carbonyl (C=O) groups excluding carboxylic acids is 2. The van der Waals surface area contributed by atoms with E-state index in [2.05, 4.69) is 22.9 Å². The van der Waals surface area contributed by atoms with Gasteiger partial charge in [-0.1, -0.05) is 36.4 Å². The second kappa shape index (κ2) is 9.70. The lowest BCUT2D eigenvalue weighted by Gasteiger charge is -2.53. The van der Waals surface area contributed by atoms with Crippen LogP contribution < -0.4 is 10.1 Å². The largest absolute Gasteiger partial charge is 0.427 e. The monoisotopic (exact) mass is 432 g/mol. The fraction of sp³-hybridized carbons (Fsp3) is 0.407. The number of likely N-dealkylation sites (tertiary alicyclic amines) is 1. The maximum Gasteiger partial charge on any atom is 0.308 e. The summed E-state index contributed by atoms with van der Waals surface area (Å²) in [6.45, 7) is 8.24. The van der Waals surface area contributed by atoms with Gasteiger partial charge in [-0.3, -0.25) is 14.5 Å². The van der Waals surface area contributed by atoms with Crippen molar-refractivity contribution in [2.45, 2.75) is 44.1 Å². The van der Waals surface area contributed by atoms with Crippen molar-refractivity contribution in [3.05, 3.63) is 78.4 Å². The van der Waals surface area contributed by atoms with Gasteiger partial charge in [0.25, 0.3) is 5.91 Å². The summed E-state index contributed by atoms with van der Waals surface area (Å²) in [5.74, 6) is 0.747. The maximum atomic E-state index is 12.8. The van der Waals surface area contributed by atoms with Crippen LogP contribution in [0.2, 0.25) is 0 Å². The number of rotatable bonds is 6. The van der Waals surface area contributed by atoms with Crippen molar-refractivity contribution in [3.63, 3.8) is 0 Å². The van der Waals surface area contributed by atoms with Crippen LogP contribution in [0.25, 0.3) is 0 Å². The number of esters is 1. The van der Waals surface area contributed by atoms with Crippen LogP contribution in [0.4, 0.5) is 0 Å². The molecular weight excluding hydrogens is 400 g/mol. The Morgan fingerprint density at radius 3 is 2.75 bits per heavy atom. The van der Waals surface area contributed by atoms with E-state index in [1.807, 2.05) is 54.6 Å². The Bertz CT molecular complexity index is 974. The van der Waals surface area contributed by atoms with Crippen LogP contribution in [-0.2, 0) is 10.2 Å². The Kier molecular flexibility index (Phi) is 6.75. The number of hydrogen-bond acceptors (Lipinski definition) is 4. The van der Waals surface area contributed by atoms with Crippen molar-refractivity contribution in [2.75, 3.05) is 19.6 Å². The topological polar surface area (TPSA) is 58.6 Å². The number of amides is 1. The predicted octanol–water partition coefficient (Wildman–Crippen LogP) is 4.34. The predicted molar refractivity (Wildman–Crippen MR) is 126 cm³/mol. The van der Waals surface area contributed by atoms with Gasteiger partial charge in [0.2, 0.25) is 0 Å². The van der Waals surface area contributed by atoms with Gasteiger partial charge in [-0.2, -0.15) is 0 Å². The molecule has 0 unspecified atom stereocenters. The third kappa shape index (κ3) is 4.78. The van der Waals surface area contributed by atoms with Crippen molar-refractivity contribution in [3.8, 4) is 5.75 Å². The zero-order valence-electron chi connectivity index (χ0n) is 18.8. The summed E-state index contributed by atoms with van der Waals surface area (Å²) in [6, 6.07) is 17.5. The lowest BCUT2D eigenvalue weighted by Crippen LogP contribution is -2.56. The lowest BCUT2D eigenvalue weighted by atomic mass is 9.58. The molecule has 3 atom stereocenters. The zero-order valence-corrected chi connectivity index (χ0v) is 18.8. The molecule has 0 aromatic heterocycles. The molecule has 5 heteroatoms. The van der Waals surface area contributed by atoms with Crippen molar-refractivity contribution < 1.29 is 14.3 Å². The number of nitrogens with one attached hydrogen (secondary N) is 1. The van der Waals surface area contributed by atoms with E-state index < -0.39 is 0 Å². The second-order valence-electron chi connectivity index (χ2n) is 9.09. The average Bonchev–Trinajstić information content (AvgIpc) is 2.79. The molecule has 1 aliphatic heterocycles. The van der Waals surface area contributed by atoms with Crippen molar-refractivity contribution in [1.82, 2.24) is 10.2 Å². The van der Waals surface area contributed by atoms with Gasteiger partial charge >= 0.3 is 5.97 Å². The molecule has 32 heavy (non-hydrogen) atoms. The molecule has 2 aromatic rings. The van der Waals surface area contributed by atoms with E-state index in [4.69, 9.17) is 4.74 Å². The summed E-state index contributed by atoms with van der Waals surface area (Å²) < 4.78 is 5.40. The fourth-order valence-electron chi connectivity index (χ4n) is 5.58. The smallest absolute Gasteiger partial charge is 0.308 e. The fourth-order valence-corrected chi connectivity index (χ4v) is 5.58. The average molecular weight is 433 g/mol. The summed E-state index contributed by atoms with van der Waals surface area (Å²) >= 11 is 0. The van der Waals surface area contributed by atoms with Crippen LogP contribution in [0, 0.1) is 5.92 Å². The zero-order chi connectivity index (χ0) is 22.6. The molecule has 2 aliphatic rings. The molecule has 2 aromatic carbocycles. The number of carbonyl (C=O) groups is 2. The number of hydrogen-bond donors (Lipinski definition) is 1. The van der Waals surface area contributed by atoms with E-state index in [-0.39, 0.29) is 23.3 Å².